The lowest BCUT2D eigenvalue weighted by Crippen LogP contribution is -2.21. The Morgan fingerprint density at radius 2 is 2.40 bits per heavy atom. The molecule has 1 saturated heterocycles. The summed E-state index contributed by atoms with van der Waals surface area (Å²) in [5.41, 5.74) is 5.48. The van der Waals surface area contributed by atoms with E-state index in [0.29, 0.717) is 18.9 Å². The summed E-state index contributed by atoms with van der Waals surface area (Å²) >= 11 is 1.45. The topological polar surface area (TPSA) is 97.4 Å². The van der Waals surface area contributed by atoms with Crippen molar-refractivity contribution in [1.29, 1.82) is 5.41 Å². The van der Waals surface area contributed by atoms with E-state index in [0.717, 1.165) is 15.0 Å². The lowest BCUT2D eigenvalue weighted by Gasteiger charge is -2.10. The van der Waals surface area contributed by atoms with E-state index in [2.05, 4.69) is 5.32 Å². The lowest BCUT2D eigenvalue weighted by molar-refractivity contribution is 0.105. The van der Waals surface area contributed by atoms with Crippen molar-refractivity contribution in [3.05, 3.63) is 29.1 Å². The van der Waals surface area contributed by atoms with Crippen molar-refractivity contribution in [2.45, 2.75) is 6.10 Å². The van der Waals surface area contributed by atoms with Crippen LogP contribution in [0.5, 0.6) is 5.75 Å². The van der Waals surface area contributed by atoms with E-state index in [1.165, 1.54) is 11.3 Å². The summed E-state index contributed by atoms with van der Waals surface area (Å²) in [5, 5.41) is 11.0. The number of ether oxygens (including phenoxy) is 2. The number of nitrogens with two attached hydrogens (primary N) is 1. The molecule has 0 aliphatic carbocycles. The van der Waals surface area contributed by atoms with Crippen LogP contribution in [-0.2, 0) is 4.74 Å². The number of alkyl carbamates (subject to hydrolysis) is 1. The Hall–Kier alpha value is -2.28. The Kier molecular flexibility index (Phi) is 3.19. The number of rotatable bonds is 4. The largest absolute Gasteiger partial charge is 0.490 e. The normalized spacial score (nSPS) is 17.8. The van der Waals surface area contributed by atoms with Crippen LogP contribution in [0.15, 0.2) is 24.3 Å². The highest BCUT2D eigenvalue weighted by atomic mass is 32.1. The van der Waals surface area contributed by atoms with Crippen LogP contribution < -0.4 is 15.8 Å². The van der Waals surface area contributed by atoms with Gasteiger partial charge >= 0.3 is 6.09 Å². The highest BCUT2D eigenvalue weighted by Crippen LogP contribution is 2.29. The predicted octanol–water partition coefficient (Wildman–Crippen LogP) is 1.67. The minimum atomic E-state index is -0.404. The van der Waals surface area contributed by atoms with Crippen LogP contribution in [0.4, 0.5) is 4.79 Å². The molecule has 0 radical (unpaired) electrons. The van der Waals surface area contributed by atoms with Crippen molar-refractivity contribution < 1.29 is 14.3 Å². The van der Waals surface area contributed by atoms with Crippen molar-refractivity contribution in [2.75, 3.05) is 13.2 Å². The summed E-state index contributed by atoms with van der Waals surface area (Å²) < 4.78 is 11.6. The SMILES string of the molecule is N=C(N)c1cc2ccc(OCC3CNC(=O)O3)cc2s1. The van der Waals surface area contributed by atoms with E-state index in [1.807, 2.05) is 24.3 Å². The number of fused-ring (bicyclic) bond motifs is 1. The number of nitrogens with one attached hydrogen (secondary N) is 2. The zero-order valence-electron chi connectivity index (χ0n) is 10.5. The first-order valence-corrected chi connectivity index (χ1v) is 6.89. The first-order chi connectivity index (χ1) is 9.61. The van der Waals surface area contributed by atoms with Crippen LogP contribution in [0.2, 0.25) is 0 Å². The van der Waals surface area contributed by atoms with Crippen LogP contribution in [0.25, 0.3) is 10.1 Å². The minimum absolute atomic E-state index is 0.0672. The molecule has 104 valence electrons. The van der Waals surface area contributed by atoms with Crippen molar-refractivity contribution in [2.24, 2.45) is 5.73 Å². The molecule has 3 rings (SSSR count). The van der Waals surface area contributed by atoms with Gasteiger partial charge in [-0.2, -0.15) is 0 Å². The molecule has 7 heteroatoms. The maximum Gasteiger partial charge on any atom is 0.407 e. The molecule has 0 spiro atoms. The maximum atomic E-state index is 10.9. The smallest absolute Gasteiger partial charge is 0.407 e. The second kappa shape index (κ2) is 5.01. The number of hydrogen-bond acceptors (Lipinski definition) is 5. The van der Waals surface area contributed by atoms with Gasteiger partial charge in [0.2, 0.25) is 0 Å². The number of nitrogen functional groups attached to an aromatic ring is 1. The number of benzene rings is 1. The van der Waals surface area contributed by atoms with E-state index in [1.54, 1.807) is 0 Å². The summed E-state index contributed by atoms with van der Waals surface area (Å²) in [6.45, 7) is 0.781. The minimum Gasteiger partial charge on any atom is -0.490 e. The van der Waals surface area contributed by atoms with Gasteiger partial charge in [0, 0.05) is 4.70 Å². The van der Waals surface area contributed by atoms with Gasteiger partial charge in [-0.15, -0.1) is 11.3 Å². The number of carbonyl (C=O) groups is 1. The molecule has 1 unspecified atom stereocenters. The highest BCUT2D eigenvalue weighted by Gasteiger charge is 2.22. The van der Waals surface area contributed by atoms with Crippen LogP contribution in [-0.4, -0.2) is 31.2 Å². The molecule has 0 saturated carbocycles. The van der Waals surface area contributed by atoms with Gasteiger partial charge in [-0.25, -0.2) is 4.79 Å². The molecule has 2 aromatic rings. The highest BCUT2D eigenvalue weighted by molar-refractivity contribution is 7.20. The monoisotopic (exact) mass is 291 g/mol. The molecule has 1 aliphatic rings. The Morgan fingerprint density at radius 3 is 3.10 bits per heavy atom. The van der Waals surface area contributed by atoms with Gasteiger partial charge in [-0.3, -0.25) is 5.41 Å². The Labute approximate surface area is 119 Å². The molecule has 0 bridgehead atoms. The quantitative estimate of drug-likeness (QED) is 0.589. The second-order valence-electron chi connectivity index (χ2n) is 4.44. The van der Waals surface area contributed by atoms with Gasteiger partial charge < -0.3 is 20.5 Å². The van der Waals surface area contributed by atoms with Crippen LogP contribution in [0, 0.1) is 5.41 Å². The number of hydrogen-bond donors (Lipinski definition) is 3. The van der Waals surface area contributed by atoms with Crippen molar-refractivity contribution in [1.82, 2.24) is 5.32 Å². The average molecular weight is 291 g/mol. The molecule has 20 heavy (non-hydrogen) atoms. The fourth-order valence-electron chi connectivity index (χ4n) is 1.95. The molecule has 1 aliphatic heterocycles. The van der Waals surface area contributed by atoms with Crippen molar-refractivity contribution >= 4 is 33.4 Å². The summed E-state index contributed by atoms with van der Waals surface area (Å²) in [7, 11) is 0. The Bertz CT molecular complexity index is 683. The third-order valence-electron chi connectivity index (χ3n) is 2.94. The molecule has 1 atom stereocenters. The molecular formula is C13H13N3O3S. The van der Waals surface area contributed by atoms with Crippen molar-refractivity contribution in [3.8, 4) is 5.75 Å². The van der Waals surface area contributed by atoms with E-state index in [9.17, 15) is 4.79 Å². The van der Waals surface area contributed by atoms with Gasteiger partial charge in [0.25, 0.3) is 0 Å². The van der Waals surface area contributed by atoms with E-state index < -0.39 is 6.09 Å². The lowest BCUT2D eigenvalue weighted by atomic mass is 10.2. The first-order valence-electron chi connectivity index (χ1n) is 6.07. The fraction of sp³-hybridized carbons (Fsp3) is 0.231. The molecule has 1 fully saturated rings. The predicted molar refractivity (Wildman–Crippen MR) is 76.6 cm³/mol. The number of cyclic esters (lactones) is 1. The van der Waals surface area contributed by atoms with Gasteiger partial charge in [0.15, 0.2) is 6.10 Å². The van der Waals surface area contributed by atoms with Crippen LogP contribution in [0.1, 0.15) is 4.88 Å². The van der Waals surface area contributed by atoms with Gasteiger partial charge in [0.1, 0.15) is 18.2 Å². The zero-order chi connectivity index (χ0) is 14.1. The second-order valence-corrected chi connectivity index (χ2v) is 5.53. The summed E-state index contributed by atoms with van der Waals surface area (Å²) in [5.74, 6) is 0.773. The molecule has 1 aromatic carbocycles. The van der Waals surface area contributed by atoms with E-state index in [4.69, 9.17) is 20.6 Å². The van der Waals surface area contributed by atoms with Crippen molar-refractivity contribution in [3.63, 3.8) is 0 Å². The van der Waals surface area contributed by atoms with E-state index in [-0.39, 0.29) is 11.9 Å². The summed E-state index contributed by atoms with van der Waals surface area (Å²) in [4.78, 5) is 11.6. The fourth-order valence-corrected chi connectivity index (χ4v) is 2.90. The molecule has 1 amide bonds. The summed E-state index contributed by atoms with van der Waals surface area (Å²) in [6, 6.07) is 7.56. The molecular weight excluding hydrogens is 278 g/mol. The number of carbonyl (C=O) groups excluding carboxylic acids is 1. The maximum absolute atomic E-state index is 10.9. The average Bonchev–Trinajstić information content (AvgIpc) is 3.01. The Morgan fingerprint density at radius 1 is 1.55 bits per heavy atom. The summed E-state index contributed by atoms with van der Waals surface area (Å²) in [6.07, 6.45) is -0.660. The zero-order valence-corrected chi connectivity index (χ0v) is 11.3. The third-order valence-corrected chi connectivity index (χ3v) is 4.07. The van der Waals surface area contributed by atoms with Gasteiger partial charge in [-0.05, 0) is 29.7 Å². The van der Waals surface area contributed by atoms with Crippen LogP contribution >= 0.6 is 11.3 Å². The standard InChI is InChI=1S/C13H13N3O3S/c14-12(15)11-3-7-1-2-8(4-10(7)20-11)18-6-9-5-16-13(17)19-9/h1-4,9H,5-6H2,(H3,14,15)(H,16,17). The van der Waals surface area contributed by atoms with Gasteiger partial charge in [0.05, 0.1) is 11.4 Å². The Balaban J connectivity index is 1.72. The van der Waals surface area contributed by atoms with Gasteiger partial charge in [-0.1, -0.05) is 0 Å². The van der Waals surface area contributed by atoms with Crippen LogP contribution in [0.3, 0.4) is 0 Å². The molecule has 6 nitrogen and oxygen atoms in total. The molecule has 1 aromatic heterocycles. The number of amides is 1. The number of thiophene rings is 1. The molecule has 2 heterocycles. The first kappa shape index (κ1) is 12.7. The van der Waals surface area contributed by atoms with E-state index >= 15 is 0 Å². The number of amidine groups is 1. The molecule has 4 N–H and O–H groups in total. The third kappa shape index (κ3) is 2.53.